The van der Waals surface area contributed by atoms with Gasteiger partial charge >= 0.3 is 5.97 Å². The highest BCUT2D eigenvalue weighted by atomic mass is 16.4. The van der Waals surface area contributed by atoms with Gasteiger partial charge in [0.25, 0.3) is 0 Å². The van der Waals surface area contributed by atoms with E-state index in [1.54, 1.807) is 0 Å². The van der Waals surface area contributed by atoms with Crippen LogP contribution in [0.2, 0.25) is 0 Å². The monoisotopic (exact) mass is 156 g/mol. The molecule has 1 aliphatic rings. The molecule has 0 heterocycles. The number of carboxylic acids is 1. The van der Waals surface area contributed by atoms with E-state index in [4.69, 9.17) is 5.11 Å². The predicted molar refractivity (Wildman–Crippen MR) is 39.1 cm³/mol. The first-order valence-electron chi connectivity index (χ1n) is 3.94. The molecule has 11 heavy (non-hydrogen) atoms. The Morgan fingerprint density at radius 2 is 2.00 bits per heavy atom. The second kappa shape index (κ2) is 3.51. The number of hydrogen-bond donors (Lipinski definition) is 1. The molecule has 0 bridgehead atoms. The number of carbonyl (C=O) groups excluding carboxylic acids is 1. The van der Waals surface area contributed by atoms with Crippen LogP contribution in [0.4, 0.5) is 0 Å². The summed E-state index contributed by atoms with van der Waals surface area (Å²) in [5.74, 6) is -1.47. The molecule has 1 fully saturated rings. The van der Waals surface area contributed by atoms with Gasteiger partial charge in [-0.05, 0) is 12.8 Å². The van der Waals surface area contributed by atoms with Gasteiger partial charge in [-0.2, -0.15) is 0 Å². The molecule has 2 atom stereocenters. The van der Waals surface area contributed by atoms with E-state index in [9.17, 15) is 9.59 Å². The van der Waals surface area contributed by atoms with Crippen LogP contribution in [0, 0.1) is 11.8 Å². The maximum absolute atomic E-state index is 10.6. The maximum atomic E-state index is 10.6. The summed E-state index contributed by atoms with van der Waals surface area (Å²) in [6.45, 7) is 0. The minimum absolute atomic E-state index is 0.235. The largest absolute Gasteiger partial charge is 0.481 e. The van der Waals surface area contributed by atoms with Gasteiger partial charge in [-0.25, -0.2) is 0 Å². The van der Waals surface area contributed by atoms with Crippen molar-refractivity contribution >= 4 is 12.3 Å². The van der Waals surface area contributed by atoms with Crippen molar-refractivity contribution in [2.75, 3.05) is 0 Å². The van der Waals surface area contributed by atoms with Gasteiger partial charge in [0.05, 0.1) is 5.92 Å². The quantitative estimate of drug-likeness (QED) is 0.608. The van der Waals surface area contributed by atoms with E-state index in [-0.39, 0.29) is 5.92 Å². The maximum Gasteiger partial charge on any atom is 0.307 e. The molecule has 0 aromatic heterocycles. The van der Waals surface area contributed by atoms with Gasteiger partial charge in [0.1, 0.15) is 6.29 Å². The first kappa shape index (κ1) is 8.24. The number of aliphatic carboxylic acids is 1. The fourth-order valence-electron chi connectivity index (χ4n) is 1.63. The third-order valence-electron chi connectivity index (χ3n) is 2.31. The van der Waals surface area contributed by atoms with Crippen LogP contribution in [0.5, 0.6) is 0 Å². The molecule has 1 aliphatic carbocycles. The van der Waals surface area contributed by atoms with Crippen molar-refractivity contribution in [2.24, 2.45) is 11.8 Å². The number of rotatable bonds is 2. The standard InChI is InChI=1S/C8H12O3/c9-5-6-3-1-2-4-7(6)8(10)11/h5-7H,1-4H2,(H,10,11)/t6-,7+/m0/s1. The molecule has 62 valence electrons. The van der Waals surface area contributed by atoms with E-state index in [1.165, 1.54) is 0 Å². The molecule has 3 nitrogen and oxygen atoms in total. The molecule has 0 unspecified atom stereocenters. The van der Waals surface area contributed by atoms with Crippen molar-refractivity contribution in [3.63, 3.8) is 0 Å². The summed E-state index contributed by atoms with van der Waals surface area (Å²) in [4.78, 5) is 21.0. The van der Waals surface area contributed by atoms with Crippen molar-refractivity contribution in [1.29, 1.82) is 0 Å². The summed E-state index contributed by atoms with van der Waals surface area (Å²) in [6.07, 6.45) is 4.14. The number of aldehydes is 1. The molecule has 0 spiro atoms. The number of carboxylic acid groups (broad SMARTS) is 1. The van der Waals surface area contributed by atoms with E-state index >= 15 is 0 Å². The van der Waals surface area contributed by atoms with Crippen LogP contribution < -0.4 is 0 Å². The molecule has 0 aliphatic heterocycles. The lowest BCUT2D eigenvalue weighted by atomic mass is 9.80. The van der Waals surface area contributed by atoms with Crippen LogP contribution >= 0.6 is 0 Å². The Kier molecular flexibility index (Phi) is 2.63. The summed E-state index contributed by atoms with van der Waals surface area (Å²) in [6, 6.07) is 0. The van der Waals surface area contributed by atoms with E-state index in [1.807, 2.05) is 0 Å². The second-order valence-electron chi connectivity index (χ2n) is 3.03. The summed E-state index contributed by atoms with van der Waals surface area (Å²) in [7, 11) is 0. The predicted octanol–water partition coefficient (Wildman–Crippen LogP) is 1.08. The molecule has 0 amide bonds. The lowest BCUT2D eigenvalue weighted by Crippen LogP contribution is -2.27. The van der Waals surface area contributed by atoms with Crippen LogP contribution in [-0.2, 0) is 9.59 Å². The highest BCUT2D eigenvalue weighted by molar-refractivity contribution is 5.75. The Bertz CT molecular complexity index is 165. The lowest BCUT2D eigenvalue weighted by Gasteiger charge is -2.23. The van der Waals surface area contributed by atoms with Gasteiger partial charge in [-0.1, -0.05) is 12.8 Å². The van der Waals surface area contributed by atoms with E-state index in [2.05, 4.69) is 0 Å². The van der Waals surface area contributed by atoms with Crippen molar-refractivity contribution in [1.82, 2.24) is 0 Å². The van der Waals surface area contributed by atoms with Gasteiger partial charge in [-0.3, -0.25) is 4.79 Å². The number of carbonyl (C=O) groups is 2. The molecular weight excluding hydrogens is 144 g/mol. The summed E-state index contributed by atoms with van der Waals surface area (Å²) in [5, 5.41) is 8.68. The molecule has 0 aromatic rings. The molecule has 1 rings (SSSR count). The molecule has 0 aromatic carbocycles. The summed E-state index contributed by atoms with van der Waals surface area (Å²) < 4.78 is 0. The minimum Gasteiger partial charge on any atom is -0.481 e. The van der Waals surface area contributed by atoms with Crippen LogP contribution in [-0.4, -0.2) is 17.4 Å². The third kappa shape index (κ3) is 1.79. The first-order chi connectivity index (χ1) is 5.25. The number of hydrogen-bond acceptors (Lipinski definition) is 2. The zero-order chi connectivity index (χ0) is 8.27. The fraction of sp³-hybridized carbons (Fsp3) is 0.750. The van der Waals surface area contributed by atoms with E-state index < -0.39 is 11.9 Å². The van der Waals surface area contributed by atoms with Gasteiger partial charge in [-0.15, -0.1) is 0 Å². The zero-order valence-electron chi connectivity index (χ0n) is 6.32. The smallest absolute Gasteiger partial charge is 0.307 e. The van der Waals surface area contributed by atoms with Crippen molar-refractivity contribution in [2.45, 2.75) is 25.7 Å². The Morgan fingerprint density at radius 1 is 1.36 bits per heavy atom. The first-order valence-corrected chi connectivity index (χ1v) is 3.94. The molecule has 0 saturated heterocycles. The molecular formula is C8H12O3. The van der Waals surface area contributed by atoms with Gasteiger partial charge < -0.3 is 9.90 Å². The molecule has 0 radical (unpaired) electrons. The zero-order valence-corrected chi connectivity index (χ0v) is 6.32. The lowest BCUT2D eigenvalue weighted by molar-refractivity contribution is -0.146. The molecule has 3 heteroatoms. The van der Waals surface area contributed by atoms with Crippen molar-refractivity contribution in [3.8, 4) is 0 Å². The van der Waals surface area contributed by atoms with E-state index in [0.717, 1.165) is 25.5 Å². The average molecular weight is 156 g/mol. The second-order valence-corrected chi connectivity index (χ2v) is 3.03. The Labute approximate surface area is 65.4 Å². The fourth-order valence-corrected chi connectivity index (χ4v) is 1.63. The Balaban J connectivity index is 2.58. The molecule has 1 N–H and O–H groups in total. The summed E-state index contributed by atoms with van der Waals surface area (Å²) in [5.41, 5.74) is 0. The van der Waals surface area contributed by atoms with Crippen LogP contribution in [0.1, 0.15) is 25.7 Å². The van der Waals surface area contributed by atoms with E-state index in [0.29, 0.717) is 6.42 Å². The normalized spacial score (nSPS) is 31.3. The highest BCUT2D eigenvalue weighted by Crippen LogP contribution is 2.28. The summed E-state index contributed by atoms with van der Waals surface area (Å²) >= 11 is 0. The highest BCUT2D eigenvalue weighted by Gasteiger charge is 2.29. The topological polar surface area (TPSA) is 54.4 Å². The van der Waals surface area contributed by atoms with Crippen molar-refractivity contribution < 1.29 is 14.7 Å². The van der Waals surface area contributed by atoms with Crippen LogP contribution in [0.25, 0.3) is 0 Å². The van der Waals surface area contributed by atoms with Gasteiger partial charge in [0.2, 0.25) is 0 Å². The van der Waals surface area contributed by atoms with Gasteiger partial charge in [0, 0.05) is 5.92 Å². The van der Waals surface area contributed by atoms with Gasteiger partial charge in [0.15, 0.2) is 0 Å². The van der Waals surface area contributed by atoms with Crippen LogP contribution in [0.15, 0.2) is 0 Å². The Morgan fingerprint density at radius 3 is 2.45 bits per heavy atom. The molecule has 1 saturated carbocycles. The van der Waals surface area contributed by atoms with Crippen molar-refractivity contribution in [3.05, 3.63) is 0 Å². The van der Waals surface area contributed by atoms with Crippen LogP contribution in [0.3, 0.4) is 0 Å². The Hall–Kier alpha value is -0.860. The third-order valence-corrected chi connectivity index (χ3v) is 2.31. The average Bonchev–Trinajstić information content (AvgIpc) is 2.04. The SMILES string of the molecule is O=C[C@@H]1CCCC[C@H]1C(=O)O. The minimum atomic E-state index is -0.818.